The van der Waals surface area contributed by atoms with Crippen LogP contribution in [0.4, 0.5) is 5.69 Å². The van der Waals surface area contributed by atoms with Gasteiger partial charge in [-0.3, -0.25) is 4.79 Å². The van der Waals surface area contributed by atoms with Crippen LogP contribution in [0.5, 0.6) is 5.75 Å². The van der Waals surface area contributed by atoms with Crippen molar-refractivity contribution in [1.29, 1.82) is 0 Å². The summed E-state index contributed by atoms with van der Waals surface area (Å²) in [7, 11) is 3.98. The van der Waals surface area contributed by atoms with Crippen LogP contribution >= 0.6 is 0 Å². The lowest BCUT2D eigenvalue weighted by atomic mass is 9.82. The highest BCUT2D eigenvalue weighted by Crippen LogP contribution is 2.44. The molecule has 0 fully saturated rings. The second-order valence-electron chi connectivity index (χ2n) is 13.9. The van der Waals surface area contributed by atoms with Crippen LogP contribution in [0.2, 0.25) is 0 Å². The fourth-order valence-corrected chi connectivity index (χ4v) is 5.46. The predicted molar refractivity (Wildman–Crippen MR) is 180 cm³/mol. The normalized spacial score (nSPS) is 17.0. The summed E-state index contributed by atoms with van der Waals surface area (Å²) in [6.45, 7) is 18.6. The second kappa shape index (κ2) is 11.3. The highest BCUT2D eigenvalue weighted by molar-refractivity contribution is 6.24. The fraction of sp³-hybridized carbons (Fsp3) is 0.368. The summed E-state index contributed by atoms with van der Waals surface area (Å²) in [5.74, 6) is 2.90. The molecule has 0 aromatic heterocycles. The average molecular weight is 594 g/mol. The SMILES string of the molecule is CCN(CC)c1ccc2c(c1)OC(C(C)(C)C)=CC2=CC1=C(O)C(=Cc2cc(C(C)(C)C)oc3cc(=[N+](C)C)ccc2-3)C1=O. The Balaban J connectivity index is 1.62. The maximum absolute atomic E-state index is 13.6. The largest absolute Gasteiger partial charge is 0.506 e. The van der Waals surface area contributed by atoms with Gasteiger partial charge in [-0.1, -0.05) is 41.5 Å². The van der Waals surface area contributed by atoms with Crippen LogP contribution in [0.25, 0.3) is 23.0 Å². The number of carbonyl (C=O) groups excluding carboxylic acids is 1. The van der Waals surface area contributed by atoms with Gasteiger partial charge in [-0.25, -0.2) is 4.58 Å². The molecule has 1 N–H and O–H groups in total. The van der Waals surface area contributed by atoms with Crippen molar-refractivity contribution in [3.8, 4) is 17.1 Å². The van der Waals surface area contributed by atoms with Gasteiger partial charge in [0.05, 0.1) is 17.2 Å². The van der Waals surface area contributed by atoms with E-state index in [-0.39, 0.29) is 22.4 Å². The molecule has 4 aliphatic rings. The van der Waals surface area contributed by atoms with Gasteiger partial charge in [0.15, 0.2) is 0 Å². The Morgan fingerprint density at radius 2 is 1.57 bits per heavy atom. The monoisotopic (exact) mass is 593 g/mol. The number of allylic oxidation sites excluding steroid dienone is 6. The molecule has 0 radical (unpaired) electrons. The van der Waals surface area contributed by atoms with Crippen LogP contribution in [0.3, 0.4) is 0 Å². The summed E-state index contributed by atoms with van der Waals surface area (Å²) in [6.07, 6.45) is 5.56. The first kappa shape index (κ1) is 31.1. The van der Waals surface area contributed by atoms with Crippen LogP contribution in [0.1, 0.15) is 72.3 Å². The lowest BCUT2D eigenvalue weighted by molar-refractivity contribution is -0.113. The predicted octanol–water partition coefficient (Wildman–Crippen LogP) is 7.74. The minimum absolute atomic E-state index is 0.00262. The molecule has 44 heavy (non-hydrogen) atoms. The Hall–Kier alpha value is -4.32. The average Bonchev–Trinajstić information content (AvgIpc) is 2.97. The third kappa shape index (κ3) is 5.78. The number of hydrogen-bond donors (Lipinski definition) is 1. The van der Waals surface area contributed by atoms with Crippen molar-refractivity contribution in [1.82, 2.24) is 4.58 Å². The van der Waals surface area contributed by atoms with Crippen molar-refractivity contribution < 1.29 is 19.1 Å². The lowest BCUT2D eigenvalue weighted by Crippen LogP contribution is -2.23. The summed E-state index contributed by atoms with van der Waals surface area (Å²) in [6, 6.07) is 14.2. The number of aliphatic hydroxyl groups excluding tert-OH is 1. The molecule has 0 saturated heterocycles. The molecular formula is C38H45N2O4+. The first-order valence-corrected chi connectivity index (χ1v) is 15.4. The van der Waals surface area contributed by atoms with Crippen molar-refractivity contribution >= 4 is 23.1 Å². The molecule has 5 rings (SSSR count). The first-order chi connectivity index (χ1) is 20.6. The number of Topliss-reactive ketones (excluding diaryl/α,β-unsaturated/α-hetero) is 1. The molecule has 1 aromatic rings. The van der Waals surface area contributed by atoms with E-state index in [2.05, 4.69) is 72.4 Å². The minimum atomic E-state index is -0.246. The van der Waals surface area contributed by atoms with Gasteiger partial charge < -0.3 is 19.2 Å². The Labute approximate surface area is 261 Å². The van der Waals surface area contributed by atoms with E-state index in [1.165, 1.54) is 0 Å². The van der Waals surface area contributed by atoms with E-state index in [0.717, 1.165) is 69.4 Å². The Bertz CT molecular complexity index is 1810. The zero-order valence-electron chi connectivity index (χ0n) is 27.8. The maximum Gasteiger partial charge on any atom is 0.203 e. The Morgan fingerprint density at radius 3 is 2.16 bits per heavy atom. The second-order valence-corrected chi connectivity index (χ2v) is 13.9. The van der Waals surface area contributed by atoms with E-state index < -0.39 is 0 Å². The maximum atomic E-state index is 13.6. The Kier molecular flexibility index (Phi) is 8.00. The molecule has 6 heteroatoms. The van der Waals surface area contributed by atoms with Crippen molar-refractivity contribution in [2.24, 2.45) is 5.41 Å². The summed E-state index contributed by atoms with van der Waals surface area (Å²) in [5.41, 5.74) is 4.63. The number of ketones is 1. The highest BCUT2D eigenvalue weighted by atomic mass is 16.5. The van der Waals surface area contributed by atoms with Gasteiger partial charge in [0.1, 0.15) is 42.9 Å². The zero-order chi connectivity index (χ0) is 32.1. The summed E-state index contributed by atoms with van der Waals surface area (Å²) >= 11 is 0. The highest BCUT2D eigenvalue weighted by Gasteiger charge is 2.34. The zero-order valence-corrected chi connectivity index (χ0v) is 27.8. The smallest absolute Gasteiger partial charge is 0.203 e. The number of carbonyl (C=O) groups is 1. The number of fused-ring (bicyclic) bond motifs is 2. The van der Waals surface area contributed by atoms with E-state index in [4.69, 9.17) is 9.15 Å². The molecule has 2 heterocycles. The molecule has 6 nitrogen and oxygen atoms in total. The molecule has 1 aromatic carbocycles. The molecule has 230 valence electrons. The molecule has 0 bridgehead atoms. The minimum Gasteiger partial charge on any atom is -0.506 e. The number of ether oxygens (including phenoxy) is 1. The first-order valence-electron chi connectivity index (χ1n) is 15.4. The molecule has 0 unspecified atom stereocenters. The van der Waals surface area contributed by atoms with Gasteiger partial charge in [0, 0.05) is 52.9 Å². The third-order valence-electron chi connectivity index (χ3n) is 8.29. The van der Waals surface area contributed by atoms with Gasteiger partial charge in [0.25, 0.3) is 0 Å². The lowest BCUT2D eigenvalue weighted by Gasteiger charge is -2.30. The van der Waals surface area contributed by atoms with Crippen LogP contribution in [0.15, 0.2) is 81.7 Å². The van der Waals surface area contributed by atoms with E-state index in [1.54, 1.807) is 12.2 Å². The standard InChI is InChI=1S/C38H44N2O4/c1-11-40(12-2)26-14-16-28-24(20-34(38(6,7)8)44-32(28)22-26)18-30-35(41)29(36(30)42)17-23-19-33(37(3,4)5)43-31-21-25(39(9)10)13-15-27(23)31/h13-22H,11-12H2,1-10H3/p+1. The number of anilines is 1. The van der Waals surface area contributed by atoms with Crippen LogP contribution in [-0.4, -0.2) is 38.1 Å². The van der Waals surface area contributed by atoms with Crippen molar-refractivity contribution in [3.63, 3.8) is 0 Å². The van der Waals surface area contributed by atoms with Crippen molar-refractivity contribution in [3.05, 3.63) is 99.5 Å². The number of aliphatic hydroxyl groups is 1. The fourth-order valence-electron chi connectivity index (χ4n) is 5.46. The van der Waals surface area contributed by atoms with Crippen LogP contribution < -0.4 is 19.6 Å². The van der Waals surface area contributed by atoms with Gasteiger partial charge in [0.2, 0.25) is 11.1 Å². The van der Waals surface area contributed by atoms with Crippen molar-refractivity contribution in [2.75, 3.05) is 32.1 Å². The number of hydrogen-bond acceptors (Lipinski definition) is 5. The molecule has 2 aliphatic carbocycles. The molecule has 0 saturated carbocycles. The molecule has 0 spiro atoms. The number of benzene rings is 2. The van der Waals surface area contributed by atoms with Crippen molar-refractivity contribution in [2.45, 2.75) is 60.8 Å². The molecule has 2 aliphatic heterocycles. The van der Waals surface area contributed by atoms with E-state index in [9.17, 15) is 9.90 Å². The summed E-state index contributed by atoms with van der Waals surface area (Å²) in [5, 5.41) is 12.3. The van der Waals surface area contributed by atoms with Crippen LogP contribution in [0, 0.1) is 5.41 Å². The van der Waals surface area contributed by atoms with E-state index in [1.807, 2.05) is 55.1 Å². The number of nitrogens with zero attached hydrogens (tertiary/aromatic N) is 2. The number of rotatable bonds is 5. The van der Waals surface area contributed by atoms with E-state index in [0.29, 0.717) is 11.1 Å². The summed E-state index contributed by atoms with van der Waals surface area (Å²) < 4.78 is 14.8. The molecule has 0 atom stereocenters. The Morgan fingerprint density at radius 1 is 0.886 bits per heavy atom. The van der Waals surface area contributed by atoms with Gasteiger partial charge >= 0.3 is 0 Å². The molecule has 0 amide bonds. The van der Waals surface area contributed by atoms with E-state index >= 15 is 0 Å². The van der Waals surface area contributed by atoms with Gasteiger partial charge in [-0.2, -0.15) is 0 Å². The van der Waals surface area contributed by atoms with Gasteiger partial charge in [-0.15, -0.1) is 0 Å². The van der Waals surface area contributed by atoms with Gasteiger partial charge in [-0.05, 0) is 67.5 Å². The summed E-state index contributed by atoms with van der Waals surface area (Å²) in [4.78, 5) is 15.9. The molecular weight excluding hydrogens is 548 g/mol. The topological polar surface area (TPSA) is 65.9 Å². The quantitative estimate of drug-likeness (QED) is 0.242. The van der Waals surface area contributed by atoms with Crippen LogP contribution in [-0.2, 0) is 10.2 Å². The third-order valence-corrected chi connectivity index (χ3v) is 8.29.